The second-order valence-electron chi connectivity index (χ2n) is 7.81. The number of benzene rings is 1. The number of anilines is 1. The van der Waals surface area contributed by atoms with Gasteiger partial charge in [0.25, 0.3) is 5.78 Å². The fourth-order valence-electron chi connectivity index (χ4n) is 4.08. The molecule has 0 unspecified atom stereocenters. The van der Waals surface area contributed by atoms with Crippen LogP contribution in [-0.2, 0) is 6.42 Å². The van der Waals surface area contributed by atoms with Crippen molar-refractivity contribution in [1.82, 2.24) is 34.8 Å². The lowest BCUT2D eigenvalue weighted by Gasteiger charge is -2.32. The molecule has 1 aliphatic heterocycles. The van der Waals surface area contributed by atoms with Crippen LogP contribution in [0.15, 0.2) is 47.8 Å². The van der Waals surface area contributed by atoms with Crippen molar-refractivity contribution in [1.29, 1.82) is 0 Å². The fourth-order valence-corrected chi connectivity index (χ4v) is 4.42. The normalized spacial score (nSPS) is 15.0. The van der Waals surface area contributed by atoms with Gasteiger partial charge in [-0.2, -0.15) is 9.50 Å². The first-order valence-electron chi connectivity index (χ1n) is 10.5. The zero-order chi connectivity index (χ0) is 21.2. The summed E-state index contributed by atoms with van der Waals surface area (Å²) in [6, 6.07) is 12.6. The van der Waals surface area contributed by atoms with Crippen LogP contribution in [0, 0.1) is 12.8 Å². The highest BCUT2D eigenvalue weighted by Crippen LogP contribution is 2.26. The molecule has 0 spiro atoms. The molecule has 0 amide bonds. The van der Waals surface area contributed by atoms with E-state index in [0.29, 0.717) is 22.5 Å². The maximum atomic E-state index is 4.82. The summed E-state index contributed by atoms with van der Waals surface area (Å²) in [7, 11) is 0. The molecule has 0 aliphatic carbocycles. The third-order valence-corrected chi connectivity index (χ3v) is 6.34. The molecule has 0 atom stereocenters. The van der Waals surface area contributed by atoms with Gasteiger partial charge in [0.1, 0.15) is 5.69 Å². The lowest BCUT2D eigenvalue weighted by atomic mass is 9.90. The second-order valence-corrected chi connectivity index (χ2v) is 8.58. The number of hydrogen-bond donors (Lipinski definition) is 0. The van der Waals surface area contributed by atoms with E-state index in [-0.39, 0.29) is 0 Å². The van der Waals surface area contributed by atoms with E-state index in [1.165, 1.54) is 17.3 Å². The van der Waals surface area contributed by atoms with Gasteiger partial charge in [-0.05, 0) is 50.0 Å². The summed E-state index contributed by atoms with van der Waals surface area (Å²) in [5, 5.41) is 13.8. The standard InChI is InChI=1S/C22H24N8S/c1-15-19(26-27-21-25-22(31-2)28-30(15)21)18-8-11-23-20(24-18)29-12-9-17(10-13-29)14-16-6-4-3-5-7-16/h3-8,11,17H,9-10,12-14H2,1-2H3. The third-order valence-electron chi connectivity index (χ3n) is 5.80. The molecular weight excluding hydrogens is 408 g/mol. The highest BCUT2D eigenvalue weighted by Gasteiger charge is 2.22. The van der Waals surface area contributed by atoms with E-state index in [1.807, 2.05) is 19.2 Å². The molecular formula is C22H24N8S. The molecule has 0 saturated carbocycles. The number of piperidine rings is 1. The van der Waals surface area contributed by atoms with E-state index in [1.54, 1.807) is 10.7 Å². The highest BCUT2D eigenvalue weighted by atomic mass is 32.2. The Morgan fingerprint density at radius 3 is 2.61 bits per heavy atom. The largest absolute Gasteiger partial charge is 0.341 e. The van der Waals surface area contributed by atoms with Gasteiger partial charge in [-0.3, -0.25) is 0 Å². The first-order chi connectivity index (χ1) is 15.2. The summed E-state index contributed by atoms with van der Waals surface area (Å²) >= 11 is 1.48. The summed E-state index contributed by atoms with van der Waals surface area (Å²) in [5.74, 6) is 1.95. The van der Waals surface area contributed by atoms with Gasteiger partial charge in [-0.15, -0.1) is 15.3 Å². The van der Waals surface area contributed by atoms with Gasteiger partial charge in [0, 0.05) is 19.3 Å². The van der Waals surface area contributed by atoms with E-state index in [9.17, 15) is 0 Å². The zero-order valence-corrected chi connectivity index (χ0v) is 18.5. The average molecular weight is 433 g/mol. The first kappa shape index (κ1) is 19.9. The molecule has 5 rings (SSSR count). The maximum Gasteiger partial charge on any atom is 0.272 e. The molecule has 3 aromatic heterocycles. The van der Waals surface area contributed by atoms with Gasteiger partial charge in [0.15, 0.2) is 0 Å². The first-order valence-corrected chi connectivity index (χ1v) is 11.7. The molecule has 1 saturated heterocycles. The van der Waals surface area contributed by atoms with Crippen LogP contribution in [0.3, 0.4) is 0 Å². The Morgan fingerprint density at radius 1 is 1.03 bits per heavy atom. The topological polar surface area (TPSA) is 85.0 Å². The van der Waals surface area contributed by atoms with Crippen LogP contribution in [0.1, 0.15) is 24.1 Å². The van der Waals surface area contributed by atoms with Crippen molar-refractivity contribution in [2.45, 2.75) is 31.3 Å². The van der Waals surface area contributed by atoms with Crippen molar-refractivity contribution in [3.05, 3.63) is 53.9 Å². The molecule has 0 N–H and O–H groups in total. The van der Waals surface area contributed by atoms with Gasteiger partial charge < -0.3 is 4.90 Å². The molecule has 1 aromatic carbocycles. The van der Waals surface area contributed by atoms with Crippen molar-refractivity contribution >= 4 is 23.5 Å². The Labute approximate surface area is 185 Å². The van der Waals surface area contributed by atoms with E-state index in [4.69, 9.17) is 4.98 Å². The molecule has 4 heterocycles. The van der Waals surface area contributed by atoms with Crippen LogP contribution in [-0.4, -0.2) is 54.1 Å². The molecule has 1 fully saturated rings. The van der Waals surface area contributed by atoms with Crippen molar-refractivity contribution in [2.24, 2.45) is 5.92 Å². The number of nitrogens with zero attached hydrogens (tertiary/aromatic N) is 8. The van der Waals surface area contributed by atoms with Crippen LogP contribution in [0.2, 0.25) is 0 Å². The minimum absolute atomic E-state index is 0.500. The van der Waals surface area contributed by atoms with E-state index < -0.39 is 0 Å². The van der Waals surface area contributed by atoms with Crippen LogP contribution < -0.4 is 4.90 Å². The molecule has 0 bridgehead atoms. The minimum Gasteiger partial charge on any atom is -0.341 e. The van der Waals surface area contributed by atoms with Crippen molar-refractivity contribution < 1.29 is 0 Å². The Morgan fingerprint density at radius 2 is 1.84 bits per heavy atom. The molecule has 31 heavy (non-hydrogen) atoms. The Hall–Kier alpha value is -3.07. The number of aryl methyl sites for hydroxylation is 1. The summed E-state index contributed by atoms with van der Waals surface area (Å²) in [6.07, 6.45) is 7.17. The summed E-state index contributed by atoms with van der Waals surface area (Å²) in [6.45, 7) is 3.89. The lowest BCUT2D eigenvalue weighted by molar-refractivity contribution is 0.400. The van der Waals surface area contributed by atoms with E-state index in [2.05, 4.69) is 60.5 Å². The Kier molecular flexibility index (Phi) is 5.50. The SMILES string of the molecule is CSc1nc2nnc(-c3ccnc(N4CCC(Cc5ccccc5)CC4)n3)c(C)n2n1. The summed E-state index contributed by atoms with van der Waals surface area (Å²) in [5.41, 5.74) is 3.74. The second kappa shape index (κ2) is 8.58. The number of fused-ring (bicyclic) bond motifs is 1. The summed E-state index contributed by atoms with van der Waals surface area (Å²) in [4.78, 5) is 16.0. The predicted octanol–water partition coefficient (Wildman–Crippen LogP) is 3.47. The van der Waals surface area contributed by atoms with Crippen molar-refractivity contribution in [3.63, 3.8) is 0 Å². The molecule has 4 aromatic rings. The Bertz CT molecular complexity index is 1180. The van der Waals surface area contributed by atoms with Crippen LogP contribution >= 0.6 is 11.8 Å². The maximum absolute atomic E-state index is 4.82. The fraction of sp³-hybridized carbons (Fsp3) is 0.364. The van der Waals surface area contributed by atoms with Gasteiger partial charge in [-0.1, -0.05) is 42.1 Å². The number of rotatable bonds is 5. The highest BCUT2D eigenvalue weighted by molar-refractivity contribution is 7.98. The smallest absolute Gasteiger partial charge is 0.272 e. The molecule has 1 aliphatic rings. The zero-order valence-electron chi connectivity index (χ0n) is 17.6. The summed E-state index contributed by atoms with van der Waals surface area (Å²) < 4.78 is 1.73. The predicted molar refractivity (Wildman–Crippen MR) is 121 cm³/mol. The molecule has 8 nitrogen and oxygen atoms in total. The minimum atomic E-state index is 0.500. The molecule has 0 radical (unpaired) electrons. The molecule has 158 valence electrons. The molecule has 9 heteroatoms. The van der Waals surface area contributed by atoms with Gasteiger partial charge in [-0.25, -0.2) is 9.97 Å². The Balaban J connectivity index is 1.33. The van der Waals surface area contributed by atoms with Gasteiger partial charge in [0.05, 0.1) is 11.4 Å². The number of aromatic nitrogens is 7. The van der Waals surface area contributed by atoms with Crippen LogP contribution in [0.4, 0.5) is 5.95 Å². The van der Waals surface area contributed by atoms with Crippen molar-refractivity contribution in [3.8, 4) is 11.4 Å². The quantitative estimate of drug-likeness (QED) is 0.443. The number of hydrogen-bond acceptors (Lipinski definition) is 8. The van der Waals surface area contributed by atoms with Crippen LogP contribution in [0.25, 0.3) is 17.2 Å². The van der Waals surface area contributed by atoms with Gasteiger partial charge in [0.2, 0.25) is 11.1 Å². The van der Waals surface area contributed by atoms with Crippen LogP contribution in [0.5, 0.6) is 0 Å². The lowest BCUT2D eigenvalue weighted by Crippen LogP contribution is -2.35. The van der Waals surface area contributed by atoms with E-state index >= 15 is 0 Å². The van der Waals surface area contributed by atoms with E-state index in [0.717, 1.165) is 49.7 Å². The average Bonchev–Trinajstić information content (AvgIpc) is 3.25. The third kappa shape index (κ3) is 4.10. The van der Waals surface area contributed by atoms with Crippen molar-refractivity contribution in [2.75, 3.05) is 24.2 Å². The monoisotopic (exact) mass is 432 g/mol. The number of thioether (sulfide) groups is 1. The van der Waals surface area contributed by atoms with Gasteiger partial charge >= 0.3 is 0 Å².